The number of carbonyl (C=O) groups excluding carboxylic acids is 1. The number of ether oxygens (including phenoxy) is 2. The van der Waals surface area contributed by atoms with Crippen LogP contribution in [0.5, 0.6) is 0 Å². The fourth-order valence-electron chi connectivity index (χ4n) is 0.698. The lowest BCUT2D eigenvalue weighted by Crippen LogP contribution is -2.15. The molecular formula is C11H22O3. The summed E-state index contributed by atoms with van der Waals surface area (Å²) in [5, 5.41) is 0. The van der Waals surface area contributed by atoms with E-state index >= 15 is 0 Å². The Morgan fingerprint density at radius 1 is 1.00 bits per heavy atom. The molecule has 0 aliphatic heterocycles. The summed E-state index contributed by atoms with van der Waals surface area (Å²) in [6.45, 7) is 9.13. The van der Waals surface area contributed by atoms with Crippen LogP contribution in [0.15, 0.2) is 0 Å². The van der Waals surface area contributed by atoms with Crippen LogP contribution >= 0.6 is 0 Å². The first-order valence-electron chi connectivity index (χ1n) is 5.39. The third-order valence-corrected chi connectivity index (χ3v) is 2.37. The minimum absolute atomic E-state index is 0.408. The first-order valence-corrected chi connectivity index (χ1v) is 5.39. The van der Waals surface area contributed by atoms with E-state index in [4.69, 9.17) is 9.47 Å². The maximum absolute atomic E-state index is 11.0. The van der Waals surface area contributed by atoms with E-state index in [0.717, 1.165) is 12.8 Å². The number of carbonyl (C=O) groups is 1. The van der Waals surface area contributed by atoms with E-state index in [0.29, 0.717) is 25.0 Å². The van der Waals surface area contributed by atoms with Gasteiger partial charge in [-0.3, -0.25) is 0 Å². The lowest BCUT2D eigenvalue weighted by molar-refractivity contribution is 0.0369. The van der Waals surface area contributed by atoms with Crippen molar-refractivity contribution >= 4 is 6.16 Å². The average Bonchev–Trinajstić information content (AvgIpc) is 2.22. The largest absolute Gasteiger partial charge is 0.508 e. The summed E-state index contributed by atoms with van der Waals surface area (Å²) in [5.41, 5.74) is 0. The average molecular weight is 202 g/mol. The Bertz CT molecular complexity index is 141. The molecule has 0 aliphatic rings. The van der Waals surface area contributed by atoms with Gasteiger partial charge in [0.1, 0.15) is 0 Å². The standard InChI is InChI=1S/C11H22O3/c1-5-9(3)7-13-11(12)14-8-10(4)6-2/h9-10H,5-8H2,1-4H3. The van der Waals surface area contributed by atoms with E-state index in [-0.39, 0.29) is 0 Å². The first-order chi connectivity index (χ1) is 6.60. The van der Waals surface area contributed by atoms with Crippen molar-refractivity contribution in [2.45, 2.75) is 40.5 Å². The van der Waals surface area contributed by atoms with Crippen LogP contribution < -0.4 is 0 Å². The van der Waals surface area contributed by atoms with Gasteiger partial charge < -0.3 is 9.47 Å². The van der Waals surface area contributed by atoms with Gasteiger partial charge in [0.2, 0.25) is 0 Å². The Hall–Kier alpha value is -0.730. The van der Waals surface area contributed by atoms with Gasteiger partial charge in [0, 0.05) is 0 Å². The van der Waals surface area contributed by atoms with Gasteiger partial charge >= 0.3 is 6.16 Å². The summed E-state index contributed by atoms with van der Waals surface area (Å²) in [6.07, 6.45) is 1.49. The molecular weight excluding hydrogens is 180 g/mol. The van der Waals surface area contributed by atoms with Crippen molar-refractivity contribution in [3.63, 3.8) is 0 Å². The van der Waals surface area contributed by atoms with Crippen molar-refractivity contribution in [1.82, 2.24) is 0 Å². The predicted molar refractivity (Wildman–Crippen MR) is 56.2 cm³/mol. The van der Waals surface area contributed by atoms with E-state index < -0.39 is 6.16 Å². The second-order valence-electron chi connectivity index (χ2n) is 3.90. The van der Waals surface area contributed by atoms with Crippen LogP contribution in [0.4, 0.5) is 4.79 Å². The fourth-order valence-corrected chi connectivity index (χ4v) is 0.698. The molecule has 2 atom stereocenters. The molecule has 0 saturated heterocycles. The third-order valence-electron chi connectivity index (χ3n) is 2.37. The molecule has 2 unspecified atom stereocenters. The van der Waals surface area contributed by atoms with Gasteiger partial charge in [-0.1, -0.05) is 40.5 Å². The van der Waals surface area contributed by atoms with E-state index in [1.807, 2.05) is 13.8 Å². The minimum Gasteiger partial charge on any atom is -0.434 e. The van der Waals surface area contributed by atoms with Gasteiger partial charge in [-0.25, -0.2) is 4.79 Å². The molecule has 0 rings (SSSR count). The maximum atomic E-state index is 11.0. The zero-order valence-electron chi connectivity index (χ0n) is 9.71. The van der Waals surface area contributed by atoms with Crippen molar-refractivity contribution < 1.29 is 14.3 Å². The molecule has 0 N–H and O–H groups in total. The van der Waals surface area contributed by atoms with Crippen LogP contribution in [0.3, 0.4) is 0 Å². The molecule has 0 heterocycles. The molecule has 0 aliphatic carbocycles. The molecule has 0 spiro atoms. The van der Waals surface area contributed by atoms with Crippen LogP contribution in [0.2, 0.25) is 0 Å². The zero-order chi connectivity index (χ0) is 11.0. The van der Waals surface area contributed by atoms with E-state index in [9.17, 15) is 4.79 Å². The number of hydrogen-bond donors (Lipinski definition) is 0. The van der Waals surface area contributed by atoms with Crippen molar-refractivity contribution in [3.8, 4) is 0 Å². The SMILES string of the molecule is CCC(C)COC(=O)OCC(C)CC. The highest BCUT2D eigenvalue weighted by Crippen LogP contribution is 2.04. The Balaban J connectivity index is 3.46. The normalized spacial score (nSPS) is 14.6. The fraction of sp³-hybridized carbons (Fsp3) is 0.909. The molecule has 0 bridgehead atoms. The van der Waals surface area contributed by atoms with Gasteiger partial charge in [0.15, 0.2) is 0 Å². The molecule has 0 radical (unpaired) electrons. The summed E-state index contributed by atoms with van der Waals surface area (Å²) >= 11 is 0. The van der Waals surface area contributed by atoms with Crippen molar-refractivity contribution in [3.05, 3.63) is 0 Å². The van der Waals surface area contributed by atoms with Gasteiger partial charge in [-0.15, -0.1) is 0 Å². The Morgan fingerprint density at radius 2 is 1.36 bits per heavy atom. The van der Waals surface area contributed by atoms with Crippen molar-refractivity contribution in [2.75, 3.05) is 13.2 Å². The van der Waals surface area contributed by atoms with E-state index in [1.165, 1.54) is 0 Å². The lowest BCUT2D eigenvalue weighted by atomic mass is 10.1. The highest BCUT2D eigenvalue weighted by atomic mass is 16.7. The van der Waals surface area contributed by atoms with Crippen molar-refractivity contribution in [1.29, 1.82) is 0 Å². The minimum atomic E-state index is -0.536. The van der Waals surface area contributed by atoms with Crippen LogP contribution in [0.1, 0.15) is 40.5 Å². The second kappa shape index (κ2) is 7.65. The molecule has 0 fully saturated rings. The molecule has 0 saturated carbocycles. The monoisotopic (exact) mass is 202 g/mol. The number of rotatable bonds is 6. The zero-order valence-corrected chi connectivity index (χ0v) is 9.71. The summed E-state index contributed by atoms with van der Waals surface area (Å²) in [5.74, 6) is 0.817. The highest BCUT2D eigenvalue weighted by Gasteiger charge is 2.08. The predicted octanol–water partition coefficient (Wildman–Crippen LogP) is 3.23. The quantitative estimate of drug-likeness (QED) is 0.620. The highest BCUT2D eigenvalue weighted by molar-refractivity contribution is 5.59. The molecule has 14 heavy (non-hydrogen) atoms. The topological polar surface area (TPSA) is 35.5 Å². The first kappa shape index (κ1) is 13.3. The molecule has 0 aromatic rings. The van der Waals surface area contributed by atoms with Gasteiger partial charge in [-0.2, -0.15) is 0 Å². The van der Waals surface area contributed by atoms with Gasteiger partial charge in [0.25, 0.3) is 0 Å². The maximum Gasteiger partial charge on any atom is 0.508 e. The van der Waals surface area contributed by atoms with Crippen LogP contribution in [-0.2, 0) is 9.47 Å². The molecule has 0 aromatic carbocycles. The molecule has 3 heteroatoms. The second-order valence-corrected chi connectivity index (χ2v) is 3.90. The van der Waals surface area contributed by atoms with Gasteiger partial charge in [-0.05, 0) is 11.8 Å². The van der Waals surface area contributed by atoms with Crippen LogP contribution in [-0.4, -0.2) is 19.4 Å². The molecule has 3 nitrogen and oxygen atoms in total. The Morgan fingerprint density at radius 3 is 1.64 bits per heavy atom. The Labute approximate surface area is 86.8 Å². The Kier molecular flexibility index (Phi) is 7.25. The summed E-state index contributed by atoms with van der Waals surface area (Å²) < 4.78 is 9.86. The lowest BCUT2D eigenvalue weighted by Gasteiger charge is -2.11. The molecule has 0 aromatic heterocycles. The van der Waals surface area contributed by atoms with Crippen LogP contribution in [0, 0.1) is 11.8 Å². The summed E-state index contributed by atoms with van der Waals surface area (Å²) in [4.78, 5) is 11.0. The van der Waals surface area contributed by atoms with Crippen molar-refractivity contribution in [2.24, 2.45) is 11.8 Å². The smallest absolute Gasteiger partial charge is 0.434 e. The summed E-state index contributed by atoms with van der Waals surface area (Å²) in [7, 11) is 0. The van der Waals surface area contributed by atoms with Gasteiger partial charge in [0.05, 0.1) is 13.2 Å². The number of hydrogen-bond acceptors (Lipinski definition) is 3. The third kappa shape index (κ3) is 6.75. The van der Waals surface area contributed by atoms with E-state index in [1.54, 1.807) is 0 Å². The molecule has 0 amide bonds. The van der Waals surface area contributed by atoms with E-state index in [2.05, 4.69) is 13.8 Å². The molecule has 84 valence electrons. The van der Waals surface area contributed by atoms with Crippen LogP contribution in [0.25, 0.3) is 0 Å². The summed E-state index contributed by atoms with van der Waals surface area (Å²) in [6, 6.07) is 0.